The van der Waals surface area contributed by atoms with Gasteiger partial charge in [0.05, 0.1) is 23.7 Å². The molecule has 1 aliphatic rings. The van der Waals surface area contributed by atoms with Crippen molar-refractivity contribution in [3.8, 4) is 0 Å². The summed E-state index contributed by atoms with van der Waals surface area (Å²) < 4.78 is 13.2. The number of fused-ring (bicyclic) bond motifs is 1. The van der Waals surface area contributed by atoms with Crippen LogP contribution in [-0.2, 0) is 12.8 Å². The van der Waals surface area contributed by atoms with Crippen molar-refractivity contribution >= 4 is 22.6 Å². The van der Waals surface area contributed by atoms with E-state index in [9.17, 15) is 14.6 Å². The summed E-state index contributed by atoms with van der Waals surface area (Å²) in [6.07, 6.45) is 1.24. The van der Waals surface area contributed by atoms with Gasteiger partial charge >= 0.3 is 0 Å². The first-order chi connectivity index (χ1) is 14.0. The van der Waals surface area contributed by atoms with Crippen molar-refractivity contribution in [2.75, 3.05) is 26.2 Å². The zero-order valence-electron chi connectivity index (χ0n) is 16.1. The van der Waals surface area contributed by atoms with Crippen LogP contribution in [0.1, 0.15) is 17.8 Å². The van der Waals surface area contributed by atoms with E-state index >= 15 is 0 Å². The van der Waals surface area contributed by atoms with Crippen LogP contribution in [0.25, 0.3) is 11.0 Å². The predicted molar refractivity (Wildman–Crippen MR) is 111 cm³/mol. The molecular formula is C22H25ClFN3O2. The van der Waals surface area contributed by atoms with Gasteiger partial charge in [-0.25, -0.2) is 9.37 Å². The maximum atomic E-state index is 13.2. The van der Waals surface area contributed by atoms with Gasteiger partial charge in [-0.15, -0.1) is 0 Å². The number of aromatic amines is 1. The van der Waals surface area contributed by atoms with E-state index in [-0.39, 0.29) is 12.4 Å². The minimum absolute atomic E-state index is 0.120. The summed E-state index contributed by atoms with van der Waals surface area (Å²) in [5.41, 5.74) is 2.06. The first-order valence-electron chi connectivity index (χ1n) is 9.87. The minimum atomic E-state index is -0.655. The van der Waals surface area contributed by atoms with E-state index in [1.165, 1.54) is 12.1 Å². The van der Waals surface area contributed by atoms with Crippen LogP contribution >= 0.6 is 11.6 Å². The Balaban J connectivity index is 1.44. The zero-order chi connectivity index (χ0) is 20.4. The normalized spacial score (nSPS) is 23.0. The number of piperidine rings is 1. The van der Waals surface area contributed by atoms with E-state index in [4.69, 9.17) is 11.6 Å². The molecule has 0 saturated carbocycles. The Morgan fingerprint density at radius 3 is 2.79 bits per heavy atom. The molecule has 2 atom stereocenters. The Morgan fingerprint density at radius 2 is 2.03 bits per heavy atom. The number of hydrogen-bond donors (Lipinski definition) is 3. The van der Waals surface area contributed by atoms with Crippen molar-refractivity contribution in [1.82, 2.24) is 14.9 Å². The average Bonchev–Trinajstić information content (AvgIpc) is 3.12. The second-order valence-corrected chi connectivity index (χ2v) is 8.44. The SMILES string of the molecule is OC[C@]1(Cc2ccc(F)cc2)CN(CCc2nc3ccc(Cl)cc3[nH]2)CC[C@@H]1O. The van der Waals surface area contributed by atoms with Gasteiger partial charge in [0.15, 0.2) is 0 Å². The van der Waals surface area contributed by atoms with Gasteiger partial charge in [-0.1, -0.05) is 23.7 Å². The van der Waals surface area contributed by atoms with E-state index < -0.39 is 11.5 Å². The van der Waals surface area contributed by atoms with Gasteiger partial charge in [-0.2, -0.15) is 0 Å². The van der Waals surface area contributed by atoms with Crippen LogP contribution in [-0.4, -0.2) is 57.4 Å². The lowest BCUT2D eigenvalue weighted by atomic mass is 9.73. The molecule has 0 spiro atoms. The number of nitrogens with zero attached hydrogens (tertiary/aromatic N) is 2. The molecule has 2 heterocycles. The molecule has 0 unspecified atom stereocenters. The zero-order valence-corrected chi connectivity index (χ0v) is 16.9. The Labute approximate surface area is 174 Å². The molecule has 2 aromatic carbocycles. The van der Waals surface area contributed by atoms with Crippen molar-refractivity contribution < 1.29 is 14.6 Å². The van der Waals surface area contributed by atoms with Gasteiger partial charge in [0.1, 0.15) is 11.6 Å². The minimum Gasteiger partial charge on any atom is -0.396 e. The van der Waals surface area contributed by atoms with E-state index in [0.29, 0.717) is 24.4 Å². The topological polar surface area (TPSA) is 72.4 Å². The first kappa shape index (κ1) is 20.3. The molecule has 0 amide bonds. The van der Waals surface area contributed by atoms with E-state index in [1.54, 1.807) is 12.1 Å². The molecule has 0 radical (unpaired) electrons. The van der Waals surface area contributed by atoms with Crippen molar-refractivity contribution in [2.45, 2.75) is 25.4 Å². The number of likely N-dealkylation sites (tertiary alicyclic amines) is 1. The summed E-state index contributed by atoms with van der Waals surface area (Å²) >= 11 is 6.04. The predicted octanol–water partition coefficient (Wildman–Crippen LogP) is 3.19. The number of aromatic nitrogens is 2. The van der Waals surface area contributed by atoms with Gasteiger partial charge in [0, 0.05) is 36.5 Å². The molecule has 1 aliphatic heterocycles. The standard InChI is InChI=1S/C22H25ClFN3O2/c23-16-3-6-18-19(11-16)26-21(25-18)8-10-27-9-7-20(29)22(13-27,14-28)12-15-1-4-17(24)5-2-15/h1-6,11,20,28-29H,7-10,12-14H2,(H,25,26)/t20-,22-/m0/s1. The highest BCUT2D eigenvalue weighted by molar-refractivity contribution is 6.31. The molecule has 3 aromatic rings. The van der Waals surface area contributed by atoms with E-state index in [1.807, 2.05) is 18.2 Å². The van der Waals surface area contributed by atoms with Gasteiger partial charge in [-0.3, -0.25) is 0 Å². The average molecular weight is 418 g/mol. The van der Waals surface area contributed by atoms with E-state index in [2.05, 4.69) is 14.9 Å². The smallest absolute Gasteiger partial charge is 0.123 e. The van der Waals surface area contributed by atoms with Gasteiger partial charge in [0.2, 0.25) is 0 Å². The third kappa shape index (κ3) is 4.46. The summed E-state index contributed by atoms with van der Waals surface area (Å²) in [6.45, 7) is 1.99. The first-order valence-corrected chi connectivity index (χ1v) is 10.3. The van der Waals surface area contributed by atoms with Crippen LogP contribution in [0.5, 0.6) is 0 Å². The molecule has 5 nitrogen and oxygen atoms in total. The number of nitrogens with one attached hydrogen (secondary N) is 1. The molecule has 0 aliphatic carbocycles. The number of hydrogen-bond acceptors (Lipinski definition) is 4. The lowest BCUT2D eigenvalue weighted by Gasteiger charge is -2.45. The van der Waals surface area contributed by atoms with Crippen molar-refractivity contribution in [3.63, 3.8) is 0 Å². The summed E-state index contributed by atoms with van der Waals surface area (Å²) in [4.78, 5) is 10.2. The number of H-pyrrole nitrogens is 1. The van der Waals surface area contributed by atoms with Gasteiger partial charge in [0.25, 0.3) is 0 Å². The van der Waals surface area contributed by atoms with Crippen molar-refractivity contribution in [1.29, 1.82) is 0 Å². The summed E-state index contributed by atoms with van der Waals surface area (Å²) in [5.74, 6) is 0.603. The Hall–Kier alpha value is -1.99. The molecule has 7 heteroatoms. The fourth-order valence-electron chi connectivity index (χ4n) is 4.24. The molecule has 1 fully saturated rings. The molecular weight excluding hydrogens is 393 g/mol. The van der Waals surface area contributed by atoms with Crippen LogP contribution in [0.15, 0.2) is 42.5 Å². The van der Waals surface area contributed by atoms with Crippen LogP contribution in [0.4, 0.5) is 4.39 Å². The third-order valence-corrected chi connectivity index (χ3v) is 6.14. The van der Waals surface area contributed by atoms with Crippen LogP contribution in [0, 0.1) is 11.2 Å². The lowest BCUT2D eigenvalue weighted by molar-refractivity contribution is -0.0745. The molecule has 29 heavy (non-hydrogen) atoms. The molecule has 0 bridgehead atoms. The van der Waals surface area contributed by atoms with Crippen LogP contribution in [0.3, 0.4) is 0 Å². The second kappa shape index (κ2) is 8.40. The summed E-state index contributed by atoms with van der Waals surface area (Å²) in [6, 6.07) is 11.9. The number of imidazole rings is 1. The van der Waals surface area contributed by atoms with Crippen molar-refractivity contribution in [2.24, 2.45) is 5.41 Å². The maximum absolute atomic E-state index is 13.2. The molecule has 3 N–H and O–H groups in total. The Morgan fingerprint density at radius 1 is 1.24 bits per heavy atom. The van der Waals surface area contributed by atoms with Gasteiger partial charge < -0.3 is 20.1 Å². The summed E-state index contributed by atoms with van der Waals surface area (Å²) in [5, 5.41) is 21.5. The highest BCUT2D eigenvalue weighted by atomic mass is 35.5. The highest BCUT2D eigenvalue weighted by Crippen LogP contribution is 2.34. The molecule has 154 valence electrons. The van der Waals surface area contributed by atoms with E-state index in [0.717, 1.165) is 41.9 Å². The lowest BCUT2D eigenvalue weighted by Crippen LogP contribution is -2.55. The number of aliphatic hydroxyl groups is 2. The molecule has 1 aromatic heterocycles. The van der Waals surface area contributed by atoms with Crippen LogP contribution < -0.4 is 0 Å². The Kier molecular flexibility index (Phi) is 5.88. The second-order valence-electron chi connectivity index (χ2n) is 8.00. The largest absolute Gasteiger partial charge is 0.396 e. The molecule has 1 saturated heterocycles. The third-order valence-electron chi connectivity index (χ3n) is 5.91. The number of aliphatic hydroxyl groups excluding tert-OH is 2. The molecule has 4 rings (SSSR count). The highest BCUT2D eigenvalue weighted by Gasteiger charge is 2.42. The number of rotatable bonds is 6. The Bertz CT molecular complexity index is 978. The number of benzene rings is 2. The fourth-order valence-corrected chi connectivity index (χ4v) is 4.41. The number of halogens is 2. The summed E-state index contributed by atoms with van der Waals surface area (Å²) in [7, 11) is 0. The fraction of sp³-hybridized carbons (Fsp3) is 0.409. The monoisotopic (exact) mass is 417 g/mol. The van der Waals surface area contributed by atoms with Crippen molar-refractivity contribution in [3.05, 3.63) is 64.7 Å². The van der Waals surface area contributed by atoms with Gasteiger partial charge in [-0.05, 0) is 48.7 Å². The maximum Gasteiger partial charge on any atom is 0.123 e. The van der Waals surface area contributed by atoms with Crippen LogP contribution in [0.2, 0.25) is 5.02 Å². The quantitative estimate of drug-likeness (QED) is 0.576.